The summed E-state index contributed by atoms with van der Waals surface area (Å²) < 4.78 is 45.2. The van der Waals surface area contributed by atoms with Crippen LogP contribution in [-0.2, 0) is 35.6 Å². The van der Waals surface area contributed by atoms with Crippen LogP contribution in [0.3, 0.4) is 0 Å². The van der Waals surface area contributed by atoms with Gasteiger partial charge in [-0.2, -0.15) is 4.31 Å². The Morgan fingerprint density at radius 3 is 2.59 bits per heavy atom. The first-order valence-corrected chi connectivity index (χ1v) is 14.4. The number of morpholine rings is 1. The number of sulfonamides is 1. The number of anilines is 1. The molecule has 2 aromatic rings. The summed E-state index contributed by atoms with van der Waals surface area (Å²) in [6.45, 7) is 4.20. The van der Waals surface area contributed by atoms with Crippen LogP contribution in [0, 0.1) is 0 Å². The molecule has 2 atom stereocenters. The molecule has 3 heterocycles. The first-order chi connectivity index (χ1) is 17.9. The quantitative estimate of drug-likeness (QED) is 0.561. The van der Waals surface area contributed by atoms with E-state index in [4.69, 9.17) is 14.2 Å². The molecule has 3 aliphatic heterocycles. The van der Waals surface area contributed by atoms with Crippen LogP contribution < -0.4 is 5.32 Å². The molecular formula is C27H35N3O6S. The Kier molecular flexibility index (Phi) is 8.23. The lowest BCUT2D eigenvalue weighted by atomic mass is 9.85. The molecule has 9 nitrogen and oxygen atoms in total. The fourth-order valence-electron chi connectivity index (χ4n) is 5.36. The largest absolute Gasteiger partial charge is 0.379 e. The van der Waals surface area contributed by atoms with Gasteiger partial charge in [0.1, 0.15) is 0 Å². The maximum absolute atomic E-state index is 13.0. The van der Waals surface area contributed by atoms with Gasteiger partial charge in [0.15, 0.2) is 0 Å². The highest BCUT2D eigenvalue weighted by atomic mass is 32.2. The molecule has 2 aromatic carbocycles. The molecule has 0 aromatic heterocycles. The summed E-state index contributed by atoms with van der Waals surface area (Å²) in [5, 5.41) is 2.88. The van der Waals surface area contributed by atoms with Gasteiger partial charge in [-0.3, -0.25) is 9.69 Å². The molecule has 1 spiro atoms. The zero-order valence-electron chi connectivity index (χ0n) is 21.0. The number of hydrogen-bond donors (Lipinski definition) is 1. The van der Waals surface area contributed by atoms with E-state index in [0.717, 1.165) is 38.0 Å². The van der Waals surface area contributed by atoms with Crippen molar-refractivity contribution in [3.63, 3.8) is 0 Å². The maximum Gasteiger partial charge on any atom is 0.243 e. The third-order valence-corrected chi connectivity index (χ3v) is 9.28. The number of rotatable bonds is 8. The molecule has 0 radical (unpaired) electrons. The molecule has 1 amide bonds. The number of likely N-dealkylation sites (tertiary alicyclic amines) is 1. The highest BCUT2D eigenvalue weighted by Crippen LogP contribution is 2.38. The van der Waals surface area contributed by atoms with E-state index in [-0.39, 0.29) is 29.1 Å². The molecule has 10 heteroatoms. The van der Waals surface area contributed by atoms with Crippen molar-refractivity contribution in [1.82, 2.24) is 9.21 Å². The van der Waals surface area contributed by atoms with Crippen LogP contribution >= 0.6 is 0 Å². The van der Waals surface area contributed by atoms with Crippen LogP contribution in [-0.4, -0.2) is 87.8 Å². The minimum absolute atomic E-state index is 0.126. The minimum Gasteiger partial charge on any atom is -0.379 e. The Bertz CT molecular complexity index is 1160. The van der Waals surface area contributed by atoms with Crippen molar-refractivity contribution in [3.05, 3.63) is 60.2 Å². The minimum atomic E-state index is -3.64. The Morgan fingerprint density at radius 1 is 1.03 bits per heavy atom. The van der Waals surface area contributed by atoms with Crippen LogP contribution in [0.5, 0.6) is 0 Å². The topological polar surface area (TPSA) is 97.4 Å². The molecule has 3 saturated heterocycles. The van der Waals surface area contributed by atoms with Gasteiger partial charge in [0.05, 0.1) is 43.0 Å². The van der Waals surface area contributed by atoms with E-state index in [1.54, 1.807) is 18.2 Å². The lowest BCUT2D eigenvalue weighted by Gasteiger charge is -2.44. The Hall–Kier alpha value is -2.34. The molecule has 0 unspecified atom stereocenters. The number of benzene rings is 2. The van der Waals surface area contributed by atoms with Gasteiger partial charge in [0.2, 0.25) is 15.9 Å². The lowest BCUT2D eigenvalue weighted by Crippen LogP contribution is -2.57. The third kappa shape index (κ3) is 6.22. The van der Waals surface area contributed by atoms with Crippen molar-refractivity contribution >= 4 is 21.6 Å². The van der Waals surface area contributed by atoms with Gasteiger partial charge in [-0.15, -0.1) is 0 Å². The predicted octanol–water partition coefficient (Wildman–Crippen LogP) is 2.49. The molecule has 3 aliphatic rings. The van der Waals surface area contributed by atoms with E-state index >= 15 is 0 Å². The fraction of sp³-hybridized carbons (Fsp3) is 0.519. The van der Waals surface area contributed by atoms with Gasteiger partial charge in [-0.05, 0) is 43.0 Å². The number of hydrogen-bond acceptors (Lipinski definition) is 7. The third-order valence-electron chi connectivity index (χ3n) is 7.38. The van der Waals surface area contributed by atoms with Crippen LogP contribution in [0.15, 0.2) is 59.5 Å². The zero-order valence-corrected chi connectivity index (χ0v) is 21.8. The summed E-state index contributed by atoms with van der Waals surface area (Å²) in [5.41, 5.74) is 1.28. The van der Waals surface area contributed by atoms with Crippen LogP contribution in [0.4, 0.5) is 5.69 Å². The average molecular weight is 530 g/mol. The predicted molar refractivity (Wildman–Crippen MR) is 139 cm³/mol. The first kappa shape index (κ1) is 26.3. The molecule has 3 fully saturated rings. The summed E-state index contributed by atoms with van der Waals surface area (Å²) in [5.74, 6) is -0.189. The molecule has 200 valence electrons. The molecule has 0 aliphatic carbocycles. The van der Waals surface area contributed by atoms with Crippen LogP contribution in [0.1, 0.15) is 24.8 Å². The zero-order chi connectivity index (χ0) is 25.7. The van der Waals surface area contributed by atoms with E-state index in [1.807, 2.05) is 30.3 Å². The van der Waals surface area contributed by atoms with E-state index in [0.29, 0.717) is 45.1 Å². The van der Waals surface area contributed by atoms with E-state index in [2.05, 4.69) is 10.2 Å². The monoisotopic (exact) mass is 529 g/mol. The number of carbonyl (C=O) groups excluding carboxylic acids is 1. The summed E-state index contributed by atoms with van der Waals surface area (Å²) in [6, 6.07) is 16.5. The van der Waals surface area contributed by atoms with Crippen molar-refractivity contribution < 1.29 is 27.4 Å². The molecule has 0 saturated carbocycles. The average Bonchev–Trinajstić information content (AvgIpc) is 3.39. The number of amides is 1. The van der Waals surface area contributed by atoms with E-state index < -0.39 is 10.0 Å². The van der Waals surface area contributed by atoms with Gasteiger partial charge in [-0.1, -0.05) is 36.4 Å². The standard InChI is InChI=1S/C27H35N3O6S/c31-26(28-23-8-4-9-24(18-23)37(32,33)30-13-16-34-17-14-30)20-29-12-11-27(10-5-15-36-27)25(19-29)35-21-22-6-2-1-3-7-22/h1-4,6-9,18,25H,5,10-17,19-21H2,(H,28,31)/t25-,27+/m0/s1. The van der Waals surface area contributed by atoms with Crippen LogP contribution in [0.25, 0.3) is 0 Å². The SMILES string of the molecule is O=C(CN1CC[C@]2(CCCO2)[C@@H](OCc2ccccc2)C1)Nc1cccc(S(=O)(=O)N2CCOCC2)c1. The first-order valence-electron chi connectivity index (χ1n) is 12.9. The Morgan fingerprint density at radius 2 is 1.84 bits per heavy atom. The molecule has 37 heavy (non-hydrogen) atoms. The molecule has 0 bridgehead atoms. The van der Waals surface area contributed by atoms with Crippen LogP contribution in [0.2, 0.25) is 0 Å². The highest BCUT2D eigenvalue weighted by Gasteiger charge is 2.47. The molecule has 5 rings (SSSR count). The van der Waals surface area contributed by atoms with Gasteiger partial charge in [0.25, 0.3) is 0 Å². The van der Waals surface area contributed by atoms with Gasteiger partial charge in [0, 0.05) is 38.5 Å². The number of piperidine rings is 1. The lowest BCUT2D eigenvalue weighted by molar-refractivity contribution is -0.159. The Labute approximate surface area is 218 Å². The summed E-state index contributed by atoms with van der Waals surface area (Å²) >= 11 is 0. The number of nitrogens with zero attached hydrogens (tertiary/aromatic N) is 2. The second-order valence-electron chi connectivity index (χ2n) is 9.88. The summed E-state index contributed by atoms with van der Waals surface area (Å²) in [7, 11) is -3.64. The number of ether oxygens (including phenoxy) is 3. The Balaban J connectivity index is 1.20. The van der Waals surface area contributed by atoms with Crippen molar-refractivity contribution in [3.8, 4) is 0 Å². The van der Waals surface area contributed by atoms with Crippen molar-refractivity contribution in [2.24, 2.45) is 0 Å². The maximum atomic E-state index is 13.0. The summed E-state index contributed by atoms with van der Waals surface area (Å²) in [4.78, 5) is 15.2. The van der Waals surface area contributed by atoms with E-state index in [9.17, 15) is 13.2 Å². The van der Waals surface area contributed by atoms with Crippen molar-refractivity contribution in [1.29, 1.82) is 0 Å². The second kappa shape index (κ2) is 11.6. The van der Waals surface area contributed by atoms with Crippen molar-refractivity contribution in [2.75, 3.05) is 57.9 Å². The number of carbonyl (C=O) groups is 1. The van der Waals surface area contributed by atoms with Gasteiger partial charge < -0.3 is 19.5 Å². The van der Waals surface area contributed by atoms with E-state index in [1.165, 1.54) is 10.4 Å². The molecule has 1 N–H and O–H groups in total. The molecular weight excluding hydrogens is 494 g/mol. The second-order valence-corrected chi connectivity index (χ2v) is 11.8. The summed E-state index contributed by atoms with van der Waals surface area (Å²) in [6.07, 6.45) is 2.68. The number of nitrogens with one attached hydrogen (secondary N) is 1. The smallest absolute Gasteiger partial charge is 0.243 e. The van der Waals surface area contributed by atoms with Gasteiger partial charge >= 0.3 is 0 Å². The normalized spacial score (nSPS) is 25.4. The fourth-order valence-corrected chi connectivity index (χ4v) is 6.82. The van der Waals surface area contributed by atoms with Crippen molar-refractivity contribution in [2.45, 2.75) is 42.5 Å². The van der Waals surface area contributed by atoms with Gasteiger partial charge in [-0.25, -0.2) is 8.42 Å². The highest BCUT2D eigenvalue weighted by molar-refractivity contribution is 7.89.